The molecule has 0 saturated carbocycles. The molecule has 0 radical (unpaired) electrons. The summed E-state index contributed by atoms with van der Waals surface area (Å²) in [5, 5.41) is 1.79. The maximum Gasteiger partial charge on any atom is 0.343 e. The molecule has 0 amide bonds. The molecule has 2 aromatic carbocycles. The molecule has 0 N–H and O–H groups in total. The fourth-order valence-electron chi connectivity index (χ4n) is 6.92. The van der Waals surface area contributed by atoms with Crippen molar-refractivity contribution in [2.24, 2.45) is 7.05 Å². The first kappa shape index (κ1) is 35.1. The van der Waals surface area contributed by atoms with Gasteiger partial charge in [0.1, 0.15) is 18.4 Å². The number of hydrogen-bond donors (Lipinski definition) is 0. The Morgan fingerprint density at radius 1 is 0.830 bits per heavy atom. The van der Waals surface area contributed by atoms with Crippen molar-refractivity contribution in [1.29, 1.82) is 0 Å². The molecule has 4 heterocycles. The number of rotatable bonds is 7. The van der Waals surface area contributed by atoms with Gasteiger partial charge in [0.05, 0.1) is 22.3 Å². The van der Waals surface area contributed by atoms with E-state index in [0.717, 1.165) is 112 Å². The molecular formula is C37H48FIN6O2. The number of hydrogen-bond acceptors (Lipinski definition) is 7. The van der Waals surface area contributed by atoms with E-state index in [1.165, 1.54) is 0 Å². The van der Waals surface area contributed by atoms with Crippen molar-refractivity contribution in [3.63, 3.8) is 0 Å². The summed E-state index contributed by atoms with van der Waals surface area (Å²) in [4.78, 5) is 24.6. The van der Waals surface area contributed by atoms with Gasteiger partial charge in [0.25, 0.3) is 0 Å². The molecule has 2 aromatic heterocycles. The van der Waals surface area contributed by atoms with Gasteiger partial charge in [0, 0.05) is 87.7 Å². The Labute approximate surface area is 295 Å². The van der Waals surface area contributed by atoms with Crippen LogP contribution >= 0.6 is 0 Å². The Morgan fingerprint density at radius 3 is 2.15 bits per heavy atom. The van der Waals surface area contributed by atoms with Crippen LogP contribution in [0.2, 0.25) is 0 Å². The van der Waals surface area contributed by atoms with Crippen LogP contribution in [-0.4, -0.2) is 89.3 Å². The van der Waals surface area contributed by atoms with E-state index in [1.54, 1.807) is 6.07 Å². The molecule has 47 heavy (non-hydrogen) atoms. The molecule has 2 fully saturated rings. The summed E-state index contributed by atoms with van der Waals surface area (Å²) < 4.78 is 23.9. The molecule has 0 unspecified atom stereocenters. The summed E-state index contributed by atoms with van der Waals surface area (Å²) in [6.07, 6.45) is 5.87. The molecular weight excluding hydrogens is 706 g/mol. The molecule has 252 valence electrons. The molecule has 6 rings (SSSR count). The number of likely N-dealkylation sites (N-methyl/N-ethyl adjacent to an activating group) is 2. The second kappa shape index (κ2) is 15.3. The van der Waals surface area contributed by atoms with Crippen LogP contribution in [-0.2, 0) is 7.05 Å². The zero-order chi connectivity index (χ0) is 32.4. The van der Waals surface area contributed by atoms with Crippen molar-refractivity contribution < 1.29 is 37.4 Å². The van der Waals surface area contributed by atoms with Crippen LogP contribution < -0.4 is 48.9 Å². The molecule has 4 aromatic rings. The number of halogens is 2. The third kappa shape index (κ3) is 7.60. The first-order valence-corrected chi connectivity index (χ1v) is 16.8. The first-order chi connectivity index (χ1) is 22.2. The van der Waals surface area contributed by atoms with Crippen LogP contribution in [0, 0.1) is 5.82 Å². The van der Waals surface area contributed by atoms with Crippen molar-refractivity contribution in [3.05, 3.63) is 70.0 Å². The van der Waals surface area contributed by atoms with Crippen LogP contribution in [0.25, 0.3) is 34.0 Å². The second-order valence-electron chi connectivity index (χ2n) is 12.8. The highest BCUT2D eigenvalue weighted by Crippen LogP contribution is 2.33. The number of fused-ring (bicyclic) bond motifs is 2. The van der Waals surface area contributed by atoms with E-state index < -0.39 is 0 Å². The van der Waals surface area contributed by atoms with Crippen LogP contribution in [0.5, 0.6) is 0 Å². The molecule has 2 aliphatic heterocycles. The zero-order valence-corrected chi connectivity index (χ0v) is 30.6. The fraction of sp³-hybridized carbons (Fsp3) is 0.459. The summed E-state index contributed by atoms with van der Waals surface area (Å²) in [6.45, 7) is 13.3. The van der Waals surface area contributed by atoms with Gasteiger partial charge in [-0.3, -0.25) is 0 Å². The third-order valence-electron chi connectivity index (χ3n) is 9.80. The Bertz CT molecular complexity index is 1810. The Morgan fingerprint density at radius 2 is 1.49 bits per heavy atom. The second-order valence-corrected chi connectivity index (χ2v) is 12.8. The lowest BCUT2D eigenvalue weighted by Crippen LogP contribution is -3.00. The number of aryl methyl sites for hydroxylation is 1. The van der Waals surface area contributed by atoms with E-state index in [-0.39, 0.29) is 35.4 Å². The molecule has 8 nitrogen and oxygen atoms in total. The first-order valence-electron chi connectivity index (χ1n) is 16.8. The van der Waals surface area contributed by atoms with E-state index in [1.807, 2.05) is 43.5 Å². The highest BCUT2D eigenvalue weighted by molar-refractivity contribution is 5.93. The summed E-state index contributed by atoms with van der Waals surface area (Å²) in [7, 11) is 6.31. The van der Waals surface area contributed by atoms with Gasteiger partial charge in [-0.1, -0.05) is 0 Å². The van der Waals surface area contributed by atoms with Gasteiger partial charge in [0.15, 0.2) is 0 Å². The quantitative estimate of drug-likeness (QED) is 0.163. The van der Waals surface area contributed by atoms with Crippen LogP contribution in [0.4, 0.5) is 21.5 Å². The summed E-state index contributed by atoms with van der Waals surface area (Å²) in [5.74, 6) is -0.175. The van der Waals surface area contributed by atoms with Crippen molar-refractivity contribution in [2.45, 2.75) is 26.7 Å². The Balaban J connectivity index is 0.00000433. The summed E-state index contributed by atoms with van der Waals surface area (Å²) >= 11 is 0. The average Bonchev–Trinajstić information content (AvgIpc) is 3.40. The molecule has 2 aliphatic rings. The SMILES string of the molecule is CCN(CC)c1ccc2cc(/C=C/c3cc(N4CCCN(C)CC4)c4cc(F)c(N5CCCN(C)CC5)cc4[n+]3C)c(=O)oc2c1.[I-]. The van der Waals surface area contributed by atoms with Gasteiger partial charge < -0.3 is 52.9 Å². The Hall–Kier alpha value is -3.22. The van der Waals surface area contributed by atoms with Gasteiger partial charge in [-0.25, -0.2) is 9.18 Å². The topological polar surface area (TPSA) is 50.3 Å². The van der Waals surface area contributed by atoms with Crippen molar-refractivity contribution in [1.82, 2.24) is 9.80 Å². The van der Waals surface area contributed by atoms with E-state index in [2.05, 4.69) is 69.1 Å². The van der Waals surface area contributed by atoms with Crippen LogP contribution in [0.1, 0.15) is 37.9 Å². The van der Waals surface area contributed by atoms with E-state index in [0.29, 0.717) is 16.8 Å². The fourth-order valence-corrected chi connectivity index (χ4v) is 6.92. The zero-order valence-electron chi connectivity index (χ0n) is 28.4. The minimum Gasteiger partial charge on any atom is -1.00 e. The lowest BCUT2D eigenvalue weighted by Gasteiger charge is -2.26. The smallest absolute Gasteiger partial charge is 0.343 e. The van der Waals surface area contributed by atoms with Gasteiger partial charge in [-0.15, -0.1) is 0 Å². The monoisotopic (exact) mass is 754 g/mol. The van der Waals surface area contributed by atoms with Crippen molar-refractivity contribution >= 4 is 51.1 Å². The minimum absolute atomic E-state index is 0. The normalized spacial score (nSPS) is 16.9. The summed E-state index contributed by atoms with van der Waals surface area (Å²) in [6, 6.07) is 13.9. The van der Waals surface area contributed by atoms with Gasteiger partial charge in [0.2, 0.25) is 11.2 Å². The molecule has 10 heteroatoms. The molecule has 0 atom stereocenters. The van der Waals surface area contributed by atoms with E-state index >= 15 is 4.39 Å². The van der Waals surface area contributed by atoms with Gasteiger partial charge >= 0.3 is 5.63 Å². The lowest BCUT2D eigenvalue weighted by atomic mass is 10.1. The standard InChI is InChI=1S/C37H48FN6O2.HI/c1-6-42(7-2)30-13-10-27-22-28(37(45)46-36(27)24-30)11-12-29-23-34(43-16-8-14-39(3)18-20-43)31-25-32(38)35(26-33(31)41(29)5)44-17-9-15-40(4)19-21-44;/h10-13,22-26H,6-9,14-21H2,1-5H3;1H/q+1;/p-1. The number of aromatic nitrogens is 1. The van der Waals surface area contributed by atoms with Crippen molar-refractivity contribution in [2.75, 3.05) is 94.2 Å². The molecule has 2 saturated heterocycles. The maximum absolute atomic E-state index is 16.0. The third-order valence-corrected chi connectivity index (χ3v) is 9.80. The number of pyridine rings is 1. The van der Waals surface area contributed by atoms with Gasteiger partial charge in [-0.2, -0.15) is 4.57 Å². The van der Waals surface area contributed by atoms with Crippen molar-refractivity contribution in [3.8, 4) is 0 Å². The predicted molar refractivity (Wildman–Crippen MR) is 189 cm³/mol. The van der Waals surface area contributed by atoms with Gasteiger partial charge in [-0.05, 0) is 84.2 Å². The number of nitrogens with zero attached hydrogens (tertiary/aromatic N) is 6. The maximum atomic E-state index is 16.0. The van der Waals surface area contributed by atoms with E-state index in [4.69, 9.17) is 4.42 Å². The molecule has 0 aliphatic carbocycles. The minimum atomic E-state index is -0.366. The average molecular weight is 755 g/mol. The predicted octanol–water partition coefficient (Wildman–Crippen LogP) is 2.21. The highest BCUT2D eigenvalue weighted by Gasteiger charge is 2.25. The highest BCUT2D eigenvalue weighted by atomic mass is 127. The lowest BCUT2D eigenvalue weighted by molar-refractivity contribution is -0.646. The summed E-state index contributed by atoms with van der Waals surface area (Å²) in [5.41, 5.74) is 5.35. The Kier molecular flexibility index (Phi) is 11.5. The van der Waals surface area contributed by atoms with Crippen LogP contribution in [0.3, 0.4) is 0 Å². The number of benzene rings is 2. The van der Waals surface area contributed by atoms with E-state index in [9.17, 15) is 4.79 Å². The molecule has 0 spiro atoms. The largest absolute Gasteiger partial charge is 1.00 e. The number of anilines is 3. The van der Waals surface area contributed by atoms with Crippen LogP contribution in [0.15, 0.2) is 51.7 Å². The molecule has 0 bridgehead atoms.